The second-order valence-corrected chi connectivity index (χ2v) is 3.74. The van der Waals surface area contributed by atoms with Crippen molar-refractivity contribution in [1.29, 1.82) is 0 Å². The Morgan fingerprint density at radius 2 is 2.29 bits per heavy atom. The van der Waals surface area contributed by atoms with E-state index in [0.717, 1.165) is 11.6 Å². The average Bonchev–Trinajstić information content (AvgIpc) is 2.18. The van der Waals surface area contributed by atoms with Crippen molar-refractivity contribution in [1.82, 2.24) is 5.32 Å². The fraction of sp³-hybridized carbons (Fsp3) is 0.273. The van der Waals surface area contributed by atoms with Crippen LogP contribution in [0.25, 0.3) is 0 Å². The summed E-state index contributed by atoms with van der Waals surface area (Å²) >= 11 is 11.3. The van der Waals surface area contributed by atoms with Crippen LogP contribution < -0.4 is 5.32 Å². The van der Waals surface area contributed by atoms with Gasteiger partial charge in [0, 0.05) is 23.1 Å². The lowest BCUT2D eigenvalue weighted by molar-refractivity contribution is 0.617. The number of halogens is 2. The molecule has 0 saturated carbocycles. The molecule has 3 heteroatoms. The van der Waals surface area contributed by atoms with Gasteiger partial charge in [-0.2, -0.15) is 0 Å². The summed E-state index contributed by atoms with van der Waals surface area (Å²) in [6.45, 7) is 2.85. The Bertz CT molecular complexity index is 310. The van der Waals surface area contributed by atoms with Gasteiger partial charge in [0.15, 0.2) is 0 Å². The zero-order valence-electron chi connectivity index (χ0n) is 8.00. The third-order valence-corrected chi connectivity index (χ3v) is 2.39. The molecule has 14 heavy (non-hydrogen) atoms. The van der Waals surface area contributed by atoms with E-state index >= 15 is 0 Å². The highest BCUT2D eigenvalue weighted by atomic mass is 35.5. The molecule has 0 heterocycles. The van der Waals surface area contributed by atoms with E-state index in [1.54, 1.807) is 0 Å². The highest BCUT2D eigenvalue weighted by Crippen LogP contribution is 2.16. The first kappa shape index (κ1) is 11.6. The Labute approximate surface area is 94.7 Å². The number of benzene rings is 1. The van der Waals surface area contributed by atoms with Gasteiger partial charge in [0.05, 0.1) is 0 Å². The first-order valence-electron chi connectivity index (χ1n) is 4.48. The van der Waals surface area contributed by atoms with Gasteiger partial charge in [-0.3, -0.25) is 0 Å². The largest absolute Gasteiger partial charge is 0.307 e. The minimum atomic E-state index is 0.279. The quantitative estimate of drug-likeness (QED) is 0.830. The minimum absolute atomic E-state index is 0.279. The van der Waals surface area contributed by atoms with Gasteiger partial charge in [-0.1, -0.05) is 41.4 Å². The van der Waals surface area contributed by atoms with Crippen molar-refractivity contribution in [3.05, 3.63) is 46.5 Å². The van der Waals surface area contributed by atoms with Crippen molar-refractivity contribution < 1.29 is 0 Å². The summed E-state index contributed by atoms with van der Waals surface area (Å²) in [6, 6.07) is 8.11. The van der Waals surface area contributed by atoms with E-state index in [-0.39, 0.29) is 6.04 Å². The van der Waals surface area contributed by atoms with Gasteiger partial charge in [0.1, 0.15) is 0 Å². The van der Waals surface area contributed by atoms with Crippen LogP contribution in [0.4, 0.5) is 0 Å². The molecule has 1 N–H and O–H groups in total. The summed E-state index contributed by atoms with van der Waals surface area (Å²) in [5, 5.41) is 4.06. The van der Waals surface area contributed by atoms with Gasteiger partial charge in [0.2, 0.25) is 0 Å². The predicted octanol–water partition coefficient (Wildman–Crippen LogP) is 3.74. The monoisotopic (exact) mass is 229 g/mol. The molecule has 1 atom stereocenters. The molecule has 0 spiro atoms. The third-order valence-electron chi connectivity index (χ3n) is 1.98. The molecule has 0 aliphatic rings. The fourth-order valence-corrected chi connectivity index (χ4v) is 1.47. The summed E-state index contributed by atoms with van der Waals surface area (Å²) in [4.78, 5) is 0. The fourth-order valence-electron chi connectivity index (χ4n) is 1.18. The molecule has 1 aromatic rings. The molecule has 0 saturated heterocycles. The molecule has 1 aromatic carbocycles. The number of hydrogen-bond donors (Lipinski definition) is 1. The molecule has 0 aliphatic carbocycles. The summed E-state index contributed by atoms with van der Waals surface area (Å²) in [5.41, 5.74) is 2.69. The standard InChI is InChI=1S/C11H13Cl2N/c1-9(14-7-3-6-12)10-4-2-5-11(13)8-10/h2-6,8-9,14H,7H2,1H3/b6-3+. The van der Waals surface area contributed by atoms with E-state index in [0.29, 0.717) is 0 Å². The van der Waals surface area contributed by atoms with Gasteiger partial charge < -0.3 is 5.32 Å². The molecule has 0 aromatic heterocycles. The van der Waals surface area contributed by atoms with E-state index in [4.69, 9.17) is 23.2 Å². The number of rotatable bonds is 4. The lowest BCUT2D eigenvalue weighted by Gasteiger charge is -2.12. The minimum Gasteiger partial charge on any atom is -0.307 e. The van der Waals surface area contributed by atoms with Gasteiger partial charge in [-0.15, -0.1) is 0 Å². The molecular weight excluding hydrogens is 217 g/mol. The first-order chi connectivity index (χ1) is 6.74. The maximum atomic E-state index is 5.89. The summed E-state index contributed by atoms with van der Waals surface area (Å²) < 4.78 is 0. The Hall–Kier alpha value is -0.500. The van der Waals surface area contributed by atoms with Crippen LogP contribution in [0.15, 0.2) is 35.9 Å². The van der Waals surface area contributed by atoms with Gasteiger partial charge in [-0.05, 0) is 24.6 Å². The molecular formula is C11H13Cl2N. The number of hydrogen-bond acceptors (Lipinski definition) is 1. The lowest BCUT2D eigenvalue weighted by Crippen LogP contribution is -2.18. The SMILES string of the molecule is CC(NC/C=C/Cl)c1cccc(Cl)c1. The van der Waals surface area contributed by atoms with Crippen LogP contribution in [-0.2, 0) is 0 Å². The molecule has 0 fully saturated rings. The Kier molecular flexibility index (Phi) is 5.02. The average molecular weight is 230 g/mol. The Morgan fingerprint density at radius 1 is 1.50 bits per heavy atom. The summed E-state index contributed by atoms with van der Waals surface area (Å²) in [7, 11) is 0. The molecule has 1 unspecified atom stereocenters. The second-order valence-electron chi connectivity index (χ2n) is 3.05. The van der Waals surface area contributed by atoms with Crippen LogP contribution in [0, 0.1) is 0 Å². The molecule has 0 aliphatic heterocycles. The van der Waals surface area contributed by atoms with E-state index < -0.39 is 0 Å². The van der Waals surface area contributed by atoms with Crippen LogP contribution in [-0.4, -0.2) is 6.54 Å². The van der Waals surface area contributed by atoms with Crippen molar-refractivity contribution in [2.24, 2.45) is 0 Å². The topological polar surface area (TPSA) is 12.0 Å². The second kappa shape index (κ2) is 6.07. The molecule has 1 rings (SSSR count). The van der Waals surface area contributed by atoms with Crippen molar-refractivity contribution >= 4 is 23.2 Å². The highest BCUT2D eigenvalue weighted by molar-refractivity contribution is 6.30. The van der Waals surface area contributed by atoms with E-state index in [9.17, 15) is 0 Å². The van der Waals surface area contributed by atoms with E-state index in [1.165, 1.54) is 11.1 Å². The summed E-state index contributed by atoms with van der Waals surface area (Å²) in [6.07, 6.45) is 1.86. The van der Waals surface area contributed by atoms with Gasteiger partial charge in [-0.25, -0.2) is 0 Å². The van der Waals surface area contributed by atoms with Crippen LogP contribution in [0.5, 0.6) is 0 Å². The normalized spacial score (nSPS) is 13.4. The zero-order valence-corrected chi connectivity index (χ0v) is 9.52. The van der Waals surface area contributed by atoms with Crippen molar-refractivity contribution in [3.8, 4) is 0 Å². The smallest absolute Gasteiger partial charge is 0.0409 e. The molecule has 1 nitrogen and oxygen atoms in total. The summed E-state index contributed by atoms with van der Waals surface area (Å²) in [5.74, 6) is 0. The van der Waals surface area contributed by atoms with Crippen LogP contribution in [0.3, 0.4) is 0 Å². The van der Waals surface area contributed by atoms with Crippen molar-refractivity contribution in [2.75, 3.05) is 6.54 Å². The molecule has 0 bridgehead atoms. The maximum absolute atomic E-state index is 5.89. The predicted molar refractivity (Wildman–Crippen MR) is 62.9 cm³/mol. The zero-order chi connectivity index (χ0) is 10.4. The van der Waals surface area contributed by atoms with Gasteiger partial charge in [0.25, 0.3) is 0 Å². The lowest BCUT2D eigenvalue weighted by atomic mass is 10.1. The number of nitrogens with one attached hydrogen (secondary N) is 1. The van der Waals surface area contributed by atoms with E-state index in [2.05, 4.69) is 12.2 Å². The molecule has 0 amide bonds. The Balaban J connectivity index is 2.55. The van der Waals surface area contributed by atoms with Crippen molar-refractivity contribution in [2.45, 2.75) is 13.0 Å². The van der Waals surface area contributed by atoms with Crippen LogP contribution >= 0.6 is 23.2 Å². The van der Waals surface area contributed by atoms with Crippen LogP contribution in [0.1, 0.15) is 18.5 Å². The van der Waals surface area contributed by atoms with E-state index in [1.807, 2.05) is 30.3 Å². The molecule has 0 radical (unpaired) electrons. The first-order valence-corrected chi connectivity index (χ1v) is 5.29. The van der Waals surface area contributed by atoms with Gasteiger partial charge >= 0.3 is 0 Å². The maximum Gasteiger partial charge on any atom is 0.0409 e. The van der Waals surface area contributed by atoms with Crippen LogP contribution in [0.2, 0.25) is 5.02 Å². The third kappa shape index (κ3) is 3.70. The molecule has 76 valence electrons. The van der Waals surface area contributed by atoms with Crippen molar-refractivity contribution in [3.63, 3.8) is 0 Å². The highest BCUT2D eigenvalue weighted by Gasteiger charge is 2.02. The Morgan fingerprint density at radius 3 is 2.93 bits per heavy atom.